The van der Waals surface area contributed by atoms with E-state index in [1.807, 2.05) is 30.3 Å². The van der Waals surface area contributed by atoms with E-state index in [1.165, 1.54) is 0 Å². The second-order valence-electron chi connectivity index (χ2n) is 4.73. The number of carbonyl (C=O) groups is 1. The lowest BCUT2D eigenvalue weighted by Crippen LogP contribution is -2.25. The molecule has 5 heteroatoms. The summed E-state index contributed by atoms with van der Waals surface area (Å²) in [5, 5.41) is 7.91. The molecule has 1 unspecified atom stereocenters. The summed E-state index contributed by atoms with van der Waals surface area (Å²) in [5.74, 6) is 1.34. The van der Waals surface area contributed by atoms with Gasteiger partial charge in [0.25, 0.3) is 0 Å². The maximum atomic E-state index is 12.1. The van der Waals surface area contributed by atoms with Gasteiger partial charge in [0.2, 0.25) is 5.91 Å². The van der Waals surface area contributed by atoms with Crippen molar-refractivity contribution in [2.24, 2.45) is 5.92 Å². The summed E-state index contributed by atoms with van der Waals surface area (Å²) in [6.45, 7) is 0.742. The molecule has 1 amide bonds. The number of benzene rings is 1. The molecule has 19 heavy (non-hydrogen) atoms. The fraction of sp³-hybridized carbons (Fsp3) is 0.286. The molecule has 0 spiro atoms. The number of amides is 1. The molecule has 0 radical (unpaired) electrons. The average Bonchev–Trinajstić information content (AvgIpc) is 3.05. The van der Waals surface area contributed by atoms with Crippen LogP contribution in [-0.4, -0.2) is 28.0 Å². The van der Waals surface area contributed by atoms with Crippen LogP contribution in [0.5, 0.6) is 0 Å². The Labute approximate surface area is 119 Å². The van der Waals surface area contributed by atoms with Crippen LogP contribution in [0.25, 0.3) is 11.1 Å². The summed E-state index contributed by atoms with van der Waals surface area (Å²) in [7, 11) is 0. The van der Waals surface area contributed by atoms with E-state index < -0.39 is 0 Å². The molecular formula is C14H14BrN3O. The van der Waals surface area contributed by atoms with Crippen LogP contribution in [-0.2, 0) is 4.79 Å². The highest BCUT2D eigenvalue weighted by atomic mass is 79.9. The van der Waals surface area contributed by atoms with E-state index in [0.717, 1.165) is 28.8 Å². The first-order valence-corrected chi connectivity index (χ1v) is 7.37. The molecule has 1 saturated heterocycles. The number of rotatable bonds is 3. The van der Waals surface area contributed by atoms with Crippen LogP contribution in [0.1, 0.15) is 6.42 Å². The van der Waals surface area contributed by atoms with Crippen molar-refractivity contribution in [3.8, 4) is 11.1 Å². The molecule has 1 aliphatic rings. The number of nitrogens with one attached hydrogen (secondary N) is 1. The van der Waals surface area contributed by atoms with Gasteiger partial charge in [-0.15, -0.1) is 0 Å². The van der Waals surface area contributed by atoms with Gasteiger partial charge in [0.1, 0.15) is 5.82 Å². The number of halogens is 1. The summed E-state index contributed by atoms with van der Waals surface area (Å²) < 4.78 is 0. The molecule has 0 saturated carbocycles. The summed E-state index contributed by atoms with van der Waals surface area (Å²) >= 11 is 3.45. The number of hydrogen-bond acceptors (Lipinski definition) is 2. The molecule has 0 aliphatic carbocycles. The van der Waals surface area contributed by atoms with Crippen molar-refractivity contribution in [3.63, 3.8) is 0 Å². The number of alkyl halides is 1. The van der Waals surface area contributed by atoms with Crippen molar-refractivity contribution in [2.75, 3.05) is 16.8 Å². The highest BCUT2D eigenvalue weighted by Crippen LogP contribution is 2.32. The predicted molar refractivity (Wildman–Crippen MR) is 78.3 cm³/mol. The third kappa shape index (κ3) is 2.30. The molecule has 1 aromatic carbocycles. The van der Waals surface area contributed by atoms with Crippen LogP contribution in [0.15, 0.2) is 36.5 Å². The zero-order valence-corrected chi connectivity index (χ0v) is 11.9. The van der Waals surface area contributed by atoms with Gasteiger partial charge in [-0.1, -0.05) is 46.3 Å². The van der Waals surface area contributed by atoms with E-state index in [-0.39, 0.29) is 5.91 Å². The Hall–Kier alpha value is -1.62. The van der Waals surface area contributed by atoms with Crippen molar-refractivity contribution in [2.45, 2.75) is 6.42 Å². The first kappa shape index (κ1) is 12.4. The Morgan fingerprint density at radius 2 is 2.16 bits per heavy atom. The van der Waals surface area contributed by atoms with Gasteiger partial charge in [-0.2, -0.15) is 5.10 Å². The number of nitrogens with zero attached hydrogens (tertiary/aromatic N) is 2. The molecule has 4 nitrogen and oxygen atoms in total. The average molecular weight is 320 g/mol. The fourth-order valence-corrected chi connectivity index (χ4v) is 2.85. The third-order valence-electron chi connectivity index (χ3n) is 3.40. The number of carbonyl (C=O) groups excluding carboxylic acids is 1. The minimum atomic E-state index is 0.158. The maximum absolute atomic E-state index is 12.1. The number of hydrogen-bond donors (Lipinski definition) is 1. The topological polar surface area (TPSA) is 49.0 Å². The van der Waals surface area contributed by atoms with Gasteiger partial charge in [-0.3, -0.25) is 14.8 Å². The second-order valence-corrected chi connectivity index (χ2v) is 5.37. The third-order valence-corrected chi connectivity index (χ3v) is 4.31. The van der Waals surface area contributed by atoms with Gasteiger partial charge in [-0.25, -0.2) is 0 Å². The van der Waals surface area contributed by atoms with Crippen molar-refractivity contribution in [3.05, 3.63) is 36.5 Å². The molecule has 1 aromatic heterocycles. The molecule has 3 rings (SSSR count). The first-order chi connectivity index (χ1) is 9.29. The summed E-state index contributed by atoms with van der Waals surface area (Å²) in [5.41, 5.74) is 2.05. The SMILES string of the molecule is O=C1CC(CBr)CN1c1[nH]ncc1-c1ccccc1. The summed E-state index contributed by atoms with van der Waals surface area (Å²) in [6.07, 6.45) is 2.37. The van der Waals surface area contributed by atoms with Crippen LogP contribution in [0.4, 0.5) is 5.82 Å². The molecule has 2 heterocycles. The molecule has 1 fully saturated rings. The van der Waals surface area contributed by atoms with Crippen molar-refractivity contribution in [1.29, 1.82) is 0 Å². The standard InChI is InChI=1S/C14H14BrN3O/c15-7-10-6-13(19)18(9-10)14-12(8-16-17-14)11-4-2-1-3-5-11/h1-5,8,10H,6-7,9H2,(H,16,17). The van der Waals surface area contributed by atoms with Crippen molar-refractivity contribution < 1.29 is 4.79 Å². The van der Waals surface area contributed by atoms with Crippen LogP contribution >= 0.6 is 15.9 Å². The minimum Gasteiger partial charge on any atom is -0.296 e. The second kappa shape index (κ2) is 5.17. The lowest BCUT2D eigenvalue weighted by atomic mass is 10.1. The lowest BCUT2D eigenvalue weighted by Gasteiger charge is -2.16. The molecule has 2 aromatic rings. The van der Waals surface area contributed by atoms with Gasteiger partial charge in [0.15, 0.2) is 0 Å². The lowest BCUT2D eigenvalue weighted by molar-refractivity contribution is -0.117. The Morgan fingerprint density at radius 3 is 2.84 bits per heavy atom. The van der Waals surface area contributed by atoms with E-state index in [2.05, 4.69) is 26.1 Å². The quantitative estimate of drug-likeness (QED) is 0.884. The Kier molecular flexibility index (Phi) is 3.38. The van der Waals surface area contributed by atoms with Crippen LogP contribution in [0, 0.1) is 5.92 Å². The zero-order chi connectivity index (χ0) is 13.2. The van der Waals surface area contributed by atoms with Crippen LogP contribution in [0.3, 0.4) is 0 Å². The Bertz CT molecular complexity index is 581. The van der Waals surface area contributed by atoms with Crippen LogP contribution < -0.4 is 4.90 Å². The fourth-order valence-electron chi connectivity index (χ4n) is 2.42. The van der Waals surface area contributed by atoms with E-state index in [1.54, 1.807) is 11.1 Å². The highest BCUT2D eigenvalue weighted by molar-refractivity contribution is 9.09. The Morgan fingerprint density at radius 1 is 1.37 bits per heavy atom. The number of H-pyrrole nitrogens is 1. The molecule has 1 atom stereocenters. The number of aromatic amines is 1. The molecule has 1 N–H and O–H groups in total. The summed E-state index contributed by atoms with van der Waals surface area (Å²) in [6, 6.07) is 10.00. The van der Waals surface area contributed by atoms with Crippen molar-refractivity contribution in [1.82, 2.24) is 10.2 Å². The smallest absolute Gasteiger partial charge is 0.228 e. The molecule has 1 aliphatic heterocycles. The van der Waals surface area contributed by atoms with Gasteiger partial charge >= 0.3 is 0 Å². The number of anilines is 1. The summed E-state index contributed by atoms with van der Waals surface area (Å²) in [4.78, 5) is 13.9. The highest BCUT2D eigenvalue weighted by Gasteiger charge is 2.32. The van der Waals surface area contributed by atoms with E-state index in [9.17, 15) is 4.79 Å². The van der Waals surface area contributed by atoms with Gasteiger partial charge in [0.05, 0.1) is 6.20 Å². The molecular weight excluding hydrogens is 306 g/mol. The molecule has 98 valence electrons. The zero-order valence-electron chi connectivity index (χ0n) is 10.3. The number of aromatic nitrogens is 2. The molecule has 0 bridgehead atoms. The largest absolute Gasteiger partial charge is 0.296 e. The Balaban J connectivity index is 1.95. The van der Waals surface area contributed by atoms with E-state index >= 15 is 0 Å². The monoisotopic (exact) mass is 319 g/mol. The van der Waals surface area contributed by atoms with Gasteiger partial charge in [0, 0.05) is 23.9 Å². The van der Waals surface area contributed by atoms with E-state index in [0.29, 0.717) is 12.3 Å². The van der Waals surface area contributed by atoms with E-state index in [4.69, 9.17) is 0 Å². The first-order valence-electron chi connectivity index (χ1n) is 6.24. The minimum absolute atomic E-state index is 0.158. The normalized spacial score (nSPS) is 19.1. The van der Waals surface area contributed by atoms with Crippen molar-refractivity contribution >= 4 is 27.7 Å². The maximum Gasteiger partial charge on any atom is 0.228 e. The van der Waals surface area contributed by atoms with Gasteiger partial charge < -0.3 is 0 Å². The van der Waals surface area contributed by atoms with Gasteiger partial charge in [-0.05, 0) is 11.5 Å². The predicted octanol–water partition coefficient (Wildman–Crippen LogP) is 2.82. The van der Waals surface area contributed by atoms with Crippen LogP contribution in [0.2, 0.25) is 0 Å².